The van der Waals surface area contributed by atoms with Crippen LogP contribution in [0.1, 0.15) is 48.9 Å². The van der Waals surface area contributed by atoms with Gasteiger partial charge >= 0.3 is 24.1 Å². The number of likely N-dealkylation sites (tertiary alicyclic amines) is 2. The van der Waals surface area contributed by atoms with E-state index in [-0.39, 0.29) is 24.0 Å². The molecule has 10 nitrogen and oxygen atoms in total. The molecule has 1 N–H and O–H groups in total. The van der Waals surface area contributed by atoms with E-state index in [1.807, 2.05) is 24.3 Å². The lowest BCUT2D eigenvalue weighted by molar-refractivity contribution is -0.147. The summed E-state index contributed by atoms with van der Waals surface area (Å²) in [6.45, 7) is 0.830. The Morgan fingerprint density at radius 2 is 1.07 bits per heavy atom. The Kier molecular flexibility index (Phi) is 11.7. The van der Waals surface area contributed by atoms with Crippen LogP contribution in [-0.2, 0) is 23.8 Å². The van der Waals surface area contributed by atoms with Crippen LogP contribution in [0.4, 0.5) is 9.59 Å². The molecule has 0 bridgehead atoms. The van der Waals surface area contributed by atoms with E-state index in [1.54, 1.807) is 34.1 Å². The van der Waals surface area contributed by atoms with Crippen LogP contribution in [0.3, 0.4) is 0 Å². The highest BCUT2D eigenvalue weighted by Crippen LogP contribution is 2.36. The minimum atomic E-state index is -0.825. The molecule has 2 amide bonds. The first-order valence-electron chi connectivity index (χ1n) is 13.1. The number of nitrogens with zero attached hydrogens (tertiary/aromatic N) is 2. The normalized spacial score (nSPS) is 22.1. The Bertz CT molecular complexity index is 1210. The van der Waals surface area contributed by atoms with Crippen LogP contribution in [0, 0.1) is 11.8 Å². The van der Waals surface area contributed by atoms with Crippen LogP contribution in [0.2, 0.25) is 10.0 Å². The molecule has 12 heteroatoms. The first-order valence-corrected chi connectivity index (χ1v) is 13.9. The van der Waals surface area contributed by atoms with Gasteiger partial charge in [0, 0.05) is 23.1 Å². The van der Waals surface area contributed by atoms with Crippen LogP contribution in [0.25, 0.3) is 0 Å². The number of benzene rings is 2. The van der Waals surface area contributed by atoms with Gasteiger partial charge in [-0.3, -0.25) is 9.59 Å². The van der Waals surface area contributed by atoms with Crippen LogP contribution in [0.5, 0.6) is 0 Å². The summed E-state index contributed by atoms with van der Waals surface area (Å²) in [6.07, 6.45) is 1.09. The summed E-state index contributed by atoms with van der Waals surface area (Å²) in [4.78, 5) is 49.9. The molecule has 4 atom stereocenters. The van der Waals surface area contributed by atoms with Gasteiger partial charge in [0.1, 0.15) is 0 Å². The molecular weight excluding hydrogens is 575 g/mol. The van der Waals surface area contributed by atoms with Crippen molar-refractivity contribution in [3.05, 3.63) is 69.7 Å². The van der Waals surface area contributed by atoms with Gasteiger partial charge < -0.3 is 29.1 Å². The van der Waals surface area contributed by atoms with Gasteiger partial charge in [-0.1, -0.05) is 47.5 Å². The highest BCUT2D eigenvalue weighted by atomic mass is 35.5. The standard InChI is InChI=1S/C15H18ClNO4.C14H16ClNO4/c1-20-14(18)11-7-8-17(15(19)21-2)13(9-11)10-3-5-12(16)6-4-10;1-20-14(19)16-7-6-10(13(17)18)8-12(16)9-2-4-11(15)5-3-9/h3-6,11,13H,7-9H2,1-2H3;2-5,10,12H,6-8H2,1H3,(H,17,18). The number of amides is 2. The van der Waals surface area contributed by atoms with Crippen molar-refractivity contribution in [1.82, 2.24) is 9.80 Å². The van der Waals surface area contributed by atoms with Crippen molar-refractivity contribution in [3.63, 3.8) is 0 Å². The fourth-order valence-corrected chi connectivity index (χ4v) is 5.46. The van der Waals surface area contributed by atoms with E-state index in [9.17, 15) is 24.3 Å². The Hall–Kier alpha value is -3.50. The van der Waals surface area contributed by atoms with Gasteiger partial charge in [-0.2, -0.15) is 0 Å². The smallest absolute Gasteiger partial charge is 0.409 e. The Morgan fingerprint density at radius 3 is 1.44 bits per heavy atom. The third-order valence-corrected chi connectivity index (χ3v) is 7.92. The maximum absolute atomic E-state index is 11.9. The lowest BCUT2D eigenvalue weighted by atomic mass is 9.87. The topological polar surface area (TPSA) is 123 Å². The number of esters is 1. The number of carbonyl (C=O) groups is 4. The van der Waals surface area contributed by atoms with E-state index in [0.717, 1.165) is 11.1 Å². The largest absolute Gasteiger partial charge is 0.481 e. The summed E-state index contributed by atoms with van der Waals surface area (Å²) in [7, 11) is 4.06. The number of carboxylic acid groups (broad SMARTS) is 1. The predicted molar refractivity (Wildman–Crippen MR) is 152 cm³/mol. The molecule has 0 spiro atoms. The second-order valence-corrected chi connectivity index (χ2v) is 10.6. The Balaban J connectivity index is 0.000000226. The number of rotatable bonds is 4. The van der Waals surface area contributed by atoms with Gasteiger partial charge in [0.05, 0.1) is 45.2 Å². The number of aliphatic carboxylic acids is 1. The number of methoxy groups -OCH3 is 3. The number of halogens is 2. The second kappa shape index (κ2) is 14.9. The lowest BCUT2D eigenvalue weighted by Crippen LogP contribution is -2.42. The van der Waals surface area contributed by atoms with E-state index in [4.69, 9.17) is 37.4 Å². The molecule has 2 aliphatic rings. The average molecular weight is 610 g/mol. The van der Waals surface area contributed by atoms with Crippen molar-refractivity contribution in [1.29, 1.82) is 0 Å². The van der Waals surface area contributed by atoms with Crippen LogP contribution >= 0.6 is 23.2 Å². The monoisotopic (exact) mass is 608 g/mol. The molecule has 2 heterocycles. The molecule has 41 heavy (non-hydrogen) atoms. The molecule has 2 aromatic rings. The van der Waals surface area contributed by atoms with Gasteiger partial charge in [0.2, 0.25) is 0 Å². The summed E-state index contributed by atoms with van der Waals surface area (Å²) in [5.41, 5.74) is 1.80. The van der Waals surface area contributed by atoms with Crippen LogP contribution < -0.4 is 0 Å². The summed E-state index contributed by atoms with van der Waals surface area (Å²) in [5.74, 6) is -1.72. The highest BCUT2D eigenvalue weighted by molar-refractivity contribution is 6.30. The summed E-state index contributed by atoms with van der Waals surface area (Å²) >= 11 is 11.8. The zero-order valence-corrected chi connectivity index (χ0v) is 24.6. The third-order valence-electron chi connectivity index (χ3n) is 7.42. The lowest BCUT2D eigenvalue weighted by Gasteiger charge is -2.37. The number of ether oxygens (including phenoxy) is 3. The molecule has 2 fully saturated rings. The summed E-state index contributed by atoms with van der Waals surface area (Å²) in [5, 5.41) is 10.4. The first kappa shape index (κ1) is 32.0. The Labute approximate surface area is 249 Å². The molecule has 0 saturated carbocycles. The maximum Gasteiger partial charge on any atom is 0.409 e. The fourth-order valence-electron chi connectivity index (χ4n) is 5.21. The summed E-state index contributed by atoms with van der Waals surface area (Å²) in [6, 6.07) is 13.9. The van der Waals surface area contributed by atoms with E-state index in [0.29, 0.717) is 48.8 Å². The quantitative estimate of drug-likeness (QED) is 0.332. The molecule has 0 aromatic heterocycles. The van der Waals surface area contributed by atoms with E-state index in [1.165, 1.54) is 21.3 Å². The zero-order chi connectivity index (χ0) is 30.1. The Morgan fingerprint density at radius 1 is 0.683 bits per heavy atom. The molecule has 2 aliphatic heterocycles. The van der Waals surface area contributed by atoms with Gasteiger partial charge in [0.25, 0.3) is 0 Å². The van der Waals surface area contributed by atoms with Crippen molar-refractivity contribution in [2.24, 2.45) is 11.8 Å². The minimum Gasteiger partial charge on any atom is -0.481 e. The van der Waals surface area contributed by atoms with Crippen molar-refractivity contribution >= 4 is 47.3 Å². The number of carbonyl (C=O) groups excluding carboxylic acids is 3. The van der Waals surface area contributed by atoms with Crippen LogP contribution in [-0.4, -0.2) is 73.5 Å². The van der Waals surface area contributed by atoms with Crippen molar-refractivity contribution in [2.45, 2.75) is 37.8 Å². The number of hydrogen-bond acceptors (Lipinski definition) is 7. The van der Waals surface area contributed by atoms with E-state index < -0.39 is 24.1 Å². The fraction of sp³-hybridized carbons (Fsp3) is 0.448. The second-order valence-electron chi connectivity index (χ2n) is 9.77. The zero-order valence-electron chi connectivity index (χ0n) is 23.1. The maximum atomic E-state index is 11.9. The first-order chi connectivity index (χ1) is 19.6. The van der Waals surface area contributed by atoms with Crippen LogP contribution in [0.15, 0.2) is 48.5 Å². The number of hydrogen-bond donors (Lipinski definition) is 1. The predicted octanol–water partition coefficient (Wildman–Crippen LogP) is 5.98. The van der Waals surface area contributed by atoms with Crippen molar-refractivity contribution < 1.29 is 38.5 Å². The number of carboxylic acids is 1. The molecule has 222 valence electrons. The summed E-state index contributed by atoms with van der Waals surface area (Å²) < 4.78 is 14.4. The van der Waals surface area contributed by atoms with Gasteiger partial charge in [-0.15, -0.1) is 0 Å². The average Bonchev–Trinajstić information content (AvgIpc) is 3.00. The molecule has 2 aromatic carbocycles. The van der Waals surface area contributed by atoms with Gasteiger partial charge in [-0.25, -0.2) is 9.59 Å². The van der Waals surface area contributed by atoms with E-state index >= 15 is 0 Å². The molecule has 0 radical (unpaired) electrons. The number of piperidine rings is 2. The van der Waals surface area contributed by atoms with E-state index in [2.05, 4.69) is 0 Å². The van der Waals surface area contributed by atoms with Gasteiger partial charge in [-0.05, 0) is 61.1 Å². The minimum absolute atomic E-state index is 0.211. The van der Waals surface area contributed by atoms with Crippen molar-refractivity contribution in [2.75, 3.05) is 34.4 Å². The molecule has 4 unspecified atom stereocenters. The molecule has 0 aliphatic carbocycles. The highest BCUT2D eigenvalue weighted by Gasteiger charge is 2.37. The molecular formula is C29H34Cl2N2O8. The third kappa shape index (κ3) is 8.27. The van der Waals surface area contributed by atoms with Crippen molar-refractivity contribution in [3.8, 4) is 0 Å². The molecule has 4 rings (SSSR count). The SMILES string of the molecule is COC(=O)C1CCN(C(=O)OC)C(c2ccc(Cl)cc2)C1.COC(=O)N1CCC(C(=O)O)CC1c1ccc(Cl)cc1. The van der Waals surface area contributed by atoms with Gasteiger partial charge in [0.15, 0.2) is 0 Å². The molecule has 2 saturated heterocycles.